The SMILES string of the molecule is C=CCOC(=O)C1=C(C)c2ccccc2C1. The molecule has 2 rings (SSSR count). The van der Waals surface area contributed by atoms with Crippen LogP contribution in [-0.4, -0.2) is 12.6 Å². The molecule has 16 heavy (non-hydrogen) atoms. The number of carbonyl (C=O) groups is 1. The summed E-state index contributed by atoms with van der Waals surface area (Å²) in [5, 5.41) is 0. The molecule has 0 heterocycles. The number of carbonyl (C=O) groups excluding carboxylic acids is 1. The third kappa shape index (κ3) is 1.78. The number of hydrogen-bond acceptors (Lipinski definition) is 2. The predicted molar refractivity (Wildman–Crippen MR) is 63.9 cm³/mol. The first-order valence-corrected chi connectivity index (χ1v) is 5.30. The molecule has 0 amide bonds. The molecule has 0 saturated carbocycles. The van der Waals surface area contributed by atoms with Crippen LogP contribution in [0.25, 0.3) is 5.57 Å². The van der Waals surface area contributed by atoms with Crippen LogP contribution in [0.5, 0.6) is 0 Å². The minimum Gasteiger partial charge on any atom is -0.458 e. The first-order chi connectivity index (χ1) is 7.74. The fourth-order valence-corrected chi connectivity index (χ4v) is 1.97. The van der Waals surface area contributed by atoms with Crippen molar-refractivity contribution in [2.75, 3.05) is 6.61 Å². The topological polar surface area (TPSA) is 26.3 Å². The highest BCUT2D eigenvalue weighted by molar-refractivity contribution is 6.00. The van der Waals surface area contributed by atoms with Crippen molar-refractivity contribution < 1.29 is 9.53 Å². The molecule has 0 fully saturated rings. The molecule has 1 aromatic rings. The quantitative estimate of drug-likeness (QED) is 0.571. The van der Waals surface area contributed by atoms with Gasteiger partial charge in [-0.2, -0.15) is 0 Å². The maximum absolute atomic E-state index is 11.8. The summed E-state index contributed by atoms with van der Waals surface area (Å²) in [5.41, 5.74) is 4.16. The van der Waals surface area contributed by atoms with Crippen LogP contribution in [0, 0.1) is 0 Å². The Morgan fingerprint density at radius 3 is 2.94 bits per heavy atom. The van der Waals surface area contributed by atoms with E-state index in [0.717, 1.165) is 16.7 Å². The number of rotatable bonds is 3. The van der Waals surface area contributed by atoms with Gasteiger partial charge in [-0.3, -0.25) is 0 Å². The summed E-state index contributed by atoms with van der Waals surface area (Å²) in [6.45, 7) is 5.76. The smallest absolute Gasteiger partial charge is 0.334 e. The lowest BCUT2D eigenvalue weighted by Gasteiger charge is -2.03. The number of ether oxygens (including phenoxy) is 1. The lowest BCUT2D eigenvalue weighted by Crippen LogP contribution is -2.08. The van der Waals surface area contributed by atoms with Gasteiger partial charge in [0.25, 0.3) is 0 Å². The second-order valence-corrected chi connectivity index (χ2v) is 3.82. The van der Waals surface area contributed by atoms with E-state index in [1.807, 2.05) is 31.2 Å². The Morgan fingerprint density at radius 1 is 1.50 bits per heavy atom. The molecule has 0 saturated heterocycles. The van der Waals surface area contributed by atoms with Crippen LogP contribution in [0.15, 0.2) is 42.5 Å². The molecule has 2 heteroatoms. The maximum atomic E-state index is 11.8. The zero-order valence-corrected chi connectivity index (χ0v) is 9.32. The van der Waals surface area contributed by atoms with Gasteiger partial charge >= 0.3 is 5.97 Å². The monoisotopic (exact) mass is 214 g/mol. The van der Waals surface area contributed by atoms with E-state index in [-0.39, 0.29) is 12.6 Å². The summed E-state index contributed by atoms with van der Waals surface area (Å²) >= 11 is 0. The summed E-state index contributed by atoms with van der Waals surface area (Å²) < 4.78 is 5.06. The Kier molecular flexibility index (Phi) is 2.91. The molecule has 2 nitrogen and oxygen atoms in total. The Balaban J connectivity index is 2.24. The second kappa shape index (κ2) is 4.35. The molecule has 0 unspecified atom stereocenters. The average molecular weight is 214 g/mol. The van der Waals surface area contributed by atoms with Gasteiger partial charge < -0.3 is 4.74 Å². The van der Waals surface area contributed by atoms with E-state index in [9.17, 15) is 4.79 Å². The number of hydrogen-bond donors (Lipinski definition) is 0. The molecular formula is C14H14O2. The highest BCUT2D eigenvalue weighted by atomic mass is 16.5. The molecule has 0 aromatic heterocycles. The average Bonchev–Trinajstić information content (AvgIpc) is 2.64. The van der Waals surface area contributed by atoms with Crippen molar-refractivity contribution in [2.45, 2.75) is 13.3 Å². The van der Waals surface area contributed by atoms with E-state index in [1.54, 1.807) is 6.08 Å². The van der Waals surface area contributed by atoms with Gasteiger partial charge in [0, 0.05) is 12.0 Å². The van der Waals surface area contributed by atoms with Crippen molar-refractivity contribution in [3.63, 3.8) is 0 Å². The summed E-state index contributed by atoms with van der Waals surface area (Å²) in [4.78, 5) is 11.8. The maximum Gasteiger partial charge on any atom is 0.334 e. The van der Waals surface area contributed by atoms with Crippen LogP contribution >= 0.6 is 0 Å². The Bertz CT molecular complexity index is 469. The Labute approximate surface area is 95.2 Å². The summed E-state index contributed by atoms with van der Waals surface area (Å²) in [7, 11) is 0. The van der Waals surface area contributed by atoms with E-state index < -0.39 is 0 Å². The van der Waals surface area contributed by atoms with Gasteiger partial charge in [0.1, 0.15) is 6.61 Å². The van der Waals surface area contributed by atoms with Crippen LogP contribution in [-0.2, 0) is 16.0 Å². The first-order valence-electron chi connectivity index (χ1n) is 5.30. The van der Waals surface area contributed by atoms with Gasteiger partial charge in [0.15, 0.2) is 0 Å². The normalized spacial score (nSPS) is 13.6. The molecule has 82 valence electrons. The number of allylic oxidation sites excluding steroid dienone is 1. The third-order valence-electron chi connectivity index (χ3n) is 2.82. The van der Waals surface area contributed by atoms with Gasteiger partial charge in [0.05, 0.1) is 0 Å². The van der Waals surface area contributed by atoms with Crippen molar-refractivity contribution in [3.05, 3.63) is 53.6 Å². The van der Waals surface area contributed by atoms with Gasteiger partial charge in [0.2, 0.25) is 0 Å². The summed E-state index contributed by atoms with van der Waals surface area (Å²) in [6, 6.07) is 8.07. The van der Waals surface area contributed by atoms with Crippen LogP contribution in [0.3, 0.4) is 0 Å². The van der Waals surface area contributed by atoms with Crippen molar-refractivity contribution in [1.29, 1.82) is 0 Å². The standard InChI is InChI=1S/C14H14O2/c1-3-8-16-14(15)13-9-11-6-4-5-7-12(11)10(13)2/h3-7H,1,8-9H2,2H3. The number of fused-ring (bicyclic) bond motifs is 1. The zero-order valence-electron chi connectivity index (χ0n) is 9.32. The molecule has 1 aromatic carbocycles. The van der Waals surface area contributed by atoms with Gasteiger partial charge in [-0.25, -0.2) is 4.79 Å². The Hall–Kier alpha value is -1.83. The third-order valence-corrected chi connectivity index (χ3v) is 2.82. The second-order valence-electron chi connectivity index (χ2n) is 3.82. The molecule has 0 N–H and O–H groups in total. The molecule has 1 aliphatic rings. The van der Waals surface area contributed by atoms with E-state index in [1.165, 1.54) is 5.56 Å². The van der Waals surface area contributed by atoms with Crippen LogP contribution < -0.4 is 0 Å². The van der Waals surface area contributed by atoms with Crippen molar-refractivity contribution >= 4 is 11.5 Å². The predicted octanol–water partition coefficient (Wildman–Crippen LogP) is 2.75. The van der Waals surface area contributed by atoms with Crippen LogP contribution in [0.4, 0.5) is 0 Å². The number of esters is 1. The van der Waals surface area contributed by atoms with Gasteiger partial charge in [-0.05, 0) is 23.6 Å². The van der Waals surface area contributed by atoms with E-state index >= 15 is 0 Å². The number of benzene rings is 1. The molecule has 0 aliphatic heterocycles. The zero-order chi connectivity index (χ0) is 11.5. The molecule has 0 spiro atoms. The fraction of sp³-hybridized carbons (Fsp3) is 0.214. The van der Waals surface area contributed by atoms with Crippen molar-refractivity contribution in [3.8, 4) is 0 Å². The summed E-state index contributed by atoms with van der Waals surface area (Å²) in [6.07, 6.45) is 2.26. The van der Waals surface area contributed by atoms with Crippen molar-refractivity contribution in [2.24, 2.45) is 0 Å². The van der Waals surface area contributed by atoms with E-state index in [4.69, 9.17) is 4.74 Å². The van der Waals surface area contributed by atoms with E-state index in [0.29, 0.717) is 6.42 Å². The fourth-order valence-electron chi connectivity index (χ4n) is 1.97. The minimum atomic E-state index is -0.228. The minimum absolute atomic E-state index is 0.228. The molecule has 0 atom stereocenters. The Morgan fingerprint density at radius 2 is 2.25 bits per heavy atom. The van der Waals surface area contributed by atoms with Crippen LogP contribution in [0.1, 0.15) is 18.1 Å². The molecule has 1 aliphatic carbocycles. The van der Waals surface area contributed by atoms with Crippen LogP contribution in [0.2, 0.25) is 0 Å². The lowest BCUT2D eigenvalue weighted by atomic mass is 10.1. The largest absolute Gasteiger partial charge is 0.458 e. The van der Waals surface area contributed by atoms with Gasteiger partial charge in [-0.1, -0.05) is 36.9 Å². The van der Waals surface area contributed by atoms with Gasteiger partial charge in [-0.15, -0.1) is 0 Å². The highest BCUT2D eigenvalue weighted by Crippen LogP contribution is 2.32. The molecular weight excluding hydrogens is 200 g/mol. The van der Waals surface area contributed by atoms with Crippen molar-refractivity contribution in [1.82, 2.24) is 0 Å². The van der Waals surface area contributed by atoms with E-state index in [2.05, 4.69) is 6.58 Å². The molecule has 0 bridgehead atoms. The summed E-state index contributed by atoms with van der Waals surface area (Å²) in [5.74, 6) is -0.228. The highest BCUT2D eigenvalue weighted by Gasteiger charge is 2.23. The lowest BCUT2D eigenvalue weighted by molar-refractivity contribution is -0.137. The molecule has 0 radical (unpaired) electrons. The first kappa shape index (κ1) is 10.7.